The van der Waals surface area contributed by atoms with Crippen molar-refractivity contribution in [3.8, 4) is 5.69 Å². The minimum atomic E-state index is 0.0564. The Morgan fingerprint density at radius 1 is 1.03 bits per heavy atom. The fraction of sp³-hybridized carbons (Fsp3) is 0.364. The third-order valence-corrected chi connectivity index (χ3v) is 5.42. The van der Waals surface area contributed by atoms with Crippen LogP contribution < -0.4 is 0 Å². The second-order valence-electron chi connectivity index (χ2n) is 7.77. The molecule has 0 unspecified atom stereocenters. The van der Waals surface area contributed by atoms with Crippen LogP contribution in [0.4, 0.5) is 0 Å². The quantitative estimate of drug-likeness (QED) is 0.670. The highest BCUT2D eigenvalue weighted by atomic mass is 16.2. The number of tetrazole rings is 1. The van der Waals surface area contributed by atoms with Crippen LogP contribution in [-0.4, -0.2) is 62.1 Å². The second-order valence-corrected chi connectivity index (χ2v) is 7.77. The van der Waals surface area contributed by atoms with Gasteiger partial charge in [-0.1, -0.05) is 44.2 Å². The molecule has 1 aromatic heterocycles. The van der Waals surface area contributed by atoms with Gasteiger partial charge in [0.1, 0.15) is 6.33 Å². The molecule has 1 aliphatic heterocycles. The Balaban J connectivity index is 1.34. The highest BCUT2D eigenvalue weighted by molar-refractivity contribution is 5.94. The molecule has 7 nitrogen and oxygen atoms in total. The van der Waals surface area contributed by atoms with E-state index in [0.717, 1.165) is 38.4 Å². The van der Waals surface area contributed by atoms with Gasteiger partial charge in [0.25, 0.3) is 5.91 Å². The van der Waals surface area contributed by atoms with Gasteiger partial charge in [0.05, 0.1) is 5.69 Å². The molecule has 0 spiro atoms. The zero-order valence-corrected chi connectivity index (χ0v) is 16.9. The van der Waals surface area contributed by atoms with Crippen LogP contribution in [0.2, 0.25) is 0 Å². The summed E-state index contributed by atoms with van der Waals surface area (Å²) in [5.41, 5.74) is 4.14. The van der Waals surface area contributed by atoms with Gasteiger partial charge in [0.15, 0.2) is 0 Å². The molecular formula is C22H26N6O. The van der Waals surface area contributed by atoms with E-state index in [1.54, 1.807) is 4.68 Å². The molecule has 0 N–H and O–H groups in total. The van der Waals surface area contributed by atoms with Gasteiger partial charge < -0.3 is 4.90 Å². The molecule has 3 aromatic rings. The first kappa shape index (κ1) is 19.3. The second kappa shape index (κ2) is 8.53. The Bertz CT molecular complexity index is 944. The van der Waals surface area contributed by atoms with Crippen LogP contribution >= 0.6 is 0 Å². The summed E-state index contributed by atoms with van der Waals surface area (Å²) in [4.78, 5) is 17.3. The number of rotatable bonds is 5. The van der Waals surface area contributed by atoms with Gasteiger partial charge in [0.2, 0.25) is 0 Å². The van der Waals surface area contributed by atoms with E-state index in [-0.39, 0.29) is 5.91 Å². The van der Waals surface area contributed by atoms with Gasteiger partial charge >= 0.3 is 0 Å². The van der Waals surface area contributed by atoms with Crippen molar-refractivity contribution in [1.82, 2.24) is 30.0 Å². The third kappa shape index (κ3) is 4.51. The van der Waals surface area contributed by atoms with Crippen molar-refractivity contribution in [2.75, 3.05) is 26.2 Å². The van der Waals surface area contributed by atoms with E-state index < -0.39 is 0 Å². The van der Waals surface area contributed by atoms with Gasteiger partial charge in [0, 0.05) is 38.3 Å². The summed E-state index contributed by atoms with van der Waals surface area (Å²) < 4.78 is 1.55. The van der Waals surface area contributed by atoms with Gasteiger partial charge in [-0.15, -0.1) is 5.10 Å². The Morgan fingerprint density at radius 2 is 1.79 bits per heavy atom. The van der Waals surface area contributed by atoms with E-state index in [0.29, 0.717) is 11.5 Å². The van der Waals surface area contributed by atoms with Crippen molar-refractivity contribution in [3.05, 3.63) is 71.5 Å². The van der Waals surface area contributed by atoms with Gasteiger partial charge in [-0.05, 0) is 45.7 Å². The van der Waals surface area contributed by atoms with Crippen LogP contribution in [0.1, 0.15) is 41.3 Å². The van der Waals surface area contributed by atoms with E-state index >= 15 is 0 Å². The van der Waals surface area contributed by atoms with Crippen molar-refractivity contribution >= 4 is 5.91 Å². The van der Waals surface area contributed by atoms with Gasteiger partial charge in [-0.3, -0.25) is 9.69 Å². The fourth-order valence-electron chi connectivity index (χ4n) is 3.62. The van der Waals surface area contributed by atoms with Crippen LogP contribution in [0.25, 0.3) is 5.69 Å². The molecule has 4 rings (SSSR count). The average molecular weight is 390 g/mol. The number of carbonyl (C=O) groups is 1. The maximum Gasteiger partial charge on any atom is 0.254 e. The van der Waals surface area contributed by atoms with E-state index in [9.17, 15) is 4.79 Å². The maximum atomic E-state index is 12.9. The van der Waals surface area contributed by atoms with E-state index in [2.05, 4.69) is 58.5 Å². The molecule has 150 valence electrons. The summed E-state index contributed by atoms with van der Waals surface area (Å²) >= 11 is 0. The summed E-state index contributed by atoms with van der Waals surface area (Å²) in [5.74, 6) is 0.610. The number of hydrogen-bond donors (Lipinski definition) is 0. The van der Waals surface area contributed by atoms with Crippen LogP contribution in [0.3, 0.4) is 0 Å². The summed E-state index contributed by atoms with van der Waals surface area (Å²) in [5, 5.41) is 11.2. The monoisotopic (exact) mass is 390 g/mol. The number of benzene rings is 2. The molecule has 2 heterocycles. The van der Waals surface area contributed by atoms with E-state index in [1.165, 1.54) is 17.5 Å². The zero-order valence-electron chi connectivity index (χ0n) is 16.9. The van der Waals surface area contributed by atoms with Crippen LogP contribution in [0.5, 0.6) is 0 Å². The molecule has 1 fully saturated rings. The molecule has 0 radical (unpaired) electrons. The summed E-state index contributed by atoms with van der Waals surface area (Å²) in [6.07, 6.45) is 1.52. The smallest absolute Gasteiger partial charge is 0.254 e. The molecule has 2 aromatic carbocycles. The largest absolute Gasteiger partial charge is 0.336 e. The minimum Gasteiger partial charge on any atom is -0.336 e. The van der Waals surface area contributed by atoms with Gasteiger partial charge in [-0.25, -0.2) is 4.68 Å². The number of hydrogen-bond acceptors (Lipinski definition) is 5. The third-order valence-electron chi connectivity index (χ3n) is 5.42. The fourth-order valence-corrected chi connectivity index (χ4v) is 3.62. The minimum absolute atomic E-state index is 0.0564. The SMILES string of the molecule is CC(C)c1ccc(CN2CCN(C(=O)c3cccc(-n4cnnn4)c3)CC2)cc1. The molecule has 7 heteroatoms. The lowest BCUT2D eigenvalue weighted by Gasteiger charge is -2.35. The standard InChI is InChI=1S/C22H26N6O/c1-17(2)19-8-6-18(7-9-19)15-26-10-12-27(13-11-26)22(29)20-4-3-5-21(14-20)28-16-23-24-25-28/h3-9,14,16-17H,10-13,15H2,1-2H3. The van der Waals surface area contributed by atoms with E-state index in [4.69, 9.17) is 0 Å². The Morgan fingerprint density at radius 3 is 2.45 bits per heavy atom. The first-order chi connectivity index (χ1) is 14.1. The predicted octanol–water partition coefficient (Wildman–Crippen LogP) is 2.74. The zero-order chi connectivity index (χ0) is 20.2. The van der Waals surface area contributed by atoms with Crippen LogP contribution in [0, 0.1) is 0 Å². The molecule has 0 aliphatic carbocycles. The Hall–Kier alpha value is -3.06. The molecule has 1 aliphatic rings. The molecule has 29 heavy (non-hydrogen) atoms. The van der Waals surface area contributed by atoms with Crippen molar-refractivity contribution in [1.29, 1.82) is 0 Å². The summed E-state index contributed by atoms with van der Waals surface area (Å²) in [6.45, 7) is 8.58. The lowest BCUT2D eigenvalue weighted by molar-refractivity contribution is 0.0628. The van der Waals surface area contributed by atoms with Crippen LogP contribution in [0.15, 0.2) is 54.9 Å². The Kier molecular flexibility index (Phi) is 5.67. The van der Waals surface area contributed by atoms with Crippen molar-refractivity contribution < 1.29 is 4.79 Å². The lowest BCUT2D eigenvalue weighted by Crippen LogP contribution is -2.48. The normalized spacial score (nSPS) is 15.1. The molecule has 1 saturated heterocycles. The van der Waals surface area contributed by atoms with E-state index in [1.807, 2.05) is 29.2 Å². The number of aromatic nitrogens is 4. The number of nitrogens with zero attached hydrogens (tertiary/aromatic N) is 6. The Labute approximate surface area is 170 Å². The van der Waals surface area contributed by atoms with Crippen LogP contribution in [-0.2, 0) is 6.54 Å². The number of amides is 1. The predicted molar refractivity (Wildman–Crippen MR) is 111 cm³/mol. The molecule has 0 saturated carbocycles. The first-order valence-corrected chi connectivity index (χ1v) is 10.0. The molecule has 0 atom stereocenters. The molecule has 0 bridgehead atoms. The summed E-state index contributed by atoms with van der Waals surface area (Å²) in [7, 11) is 0. The van der Waals surface area contributed by atoms with Crippen molar-refractivity contribution in [2.45, 2.75) is 26.3 Å². The number of piperazine rings is 1. The molecule has 1 amide bonds. The first-order valence-electron chi connectivity index (χ1n) is 10.0. The highest BCUT2D eigenvalue weighted by Crippen LogP contribution is 2.17. The summed E-state index contributed by atoms with van der Waals surface area (Å²) in [6, 6.07) is 16.3. The number of carbonyl (C=O) groups excluding carboxylic acids is 1. The highest BCUT2D eigenvalue weighted by Gasteiger charge is 2.22. The van der Waals surface area contributed by atoms with Crippen molar-refractivity contribution in [2.24, 2.45) is 0 Å². The maximum absolute atomic E-state index is 12.9. The van der Waals surface area contributed by atoms with Crippen molar-refractivity contribution in [3.63, 3.8) is 0 Å². The average Bonchev–Trinajstić information content (AvgIpc) is 3.29. The van der Waals surface area contributed by atoms with Gasteiger partial charge in [-0.2, -0.15) is 0 Å². The molecular weight excluding hydrogens is 364 g/mol. The lowest BCUT2D eigenvalue weighted by atomic mass is 10.0. The topological polar surface area (TPSA) is 67.2 Å².